The van der Waals surface area contributed by atoms with Gasteiger partial charge in [-0.1, -0.05) is 0 Å². The van der Waals surface area contributed by atoms with Crippen molar-refractivity contribution in [3.63, 3.8) is 0 Å². The number of carbonyl (C=O) groups excluding carboxylic acids is 3. The molecule has 1 N–H and O–H groups in total. The summed E-state index contributed by atoms with van der Waals surface area (Å²) in [4.78, 5) is 30.9. The van der Waals surface area contributed by atoms with Crippen molar-refractivity contribution in [2.75, 3.05) is 13.2 Å². The quantitative estimate of drug-likeness (QED) is 0.561. The van der Waals surface area contributed by atoms with Gasteiger partial charge in [-0.25, -0.2) is 4.79 Å². The molecule has 0 aliphatic heterocycles. The molecular formula is C11H20O6. The summed E-state index contributed by atoms with van der Waals surface area (Å²) < 4.78 is 8.91. The number of aliphatic hydroxyl groups is 1. The molecule has 0 heterocycles. The molecule has 100 valence electrons. The molecule has 1 atom stereocenters. The first-order chi connectivity index (χ1) is 7.84. The summed E-state index contributed by atoms with van der Waals surface area (Å²) in [5.74, 6) is -1.16. The van der Waals surface area contributed by atoms with E-state index >= 15 is 0 Å². The van der Waals surface area contributed by atoms with E-state index in [-0.39, 0.29) is 12.2 Å². The van der Waals surface area contributed by atoms with Gasteiger partial charge in [-0.15, -0.1) is 0 Å². The zero-order chi connectivity index (χ0) is 13.8. The normalized spacial score (nSPS) is 10.6. The Hall–Kier alpha value is -1.43. The zero-order valence-corrected chi connectivity index (χ0v) is 10.7. The third-order valence-corrected chi connectivity index (χ3v) is 1.33. The highest BCUT2D eigenvalue weighted by Crippen LogP contribution is 1.86. The second-order valence-corrected chi connectivity index (χ2v) is 3.11. The monoisotopic (exact) mass is 248 g/mol. The summed E-state index contributed by atoms with van der Waals surface area (Å²) in [6.45, 7) is 6.79. The Morgan fingerprint density at radius 2 is 1.59 bits per heavy atom. The Morgan fingerprint density at radius 3 is 1.82 bits per heavy atom. The lowest BCUT2D eigenvalue weighted by atomic mass is 10.3. The van der Waals surface area contributed by atoms with E-state index in [1.807, 2.05) is 0 Å². The minimum Gasteiger partial charge on any atom is -0.466 e. The smallest absolute Gasteiger partial charge is 0.334 e. The van der Waals surface area contributed by atoms with E-state index in [1.165, 1.54) is 13.8 Å². The SMILES string of the molecule is CCOC(=O)C(C)O.CCOC(=O)CC(C)=O. The lowest BCUT2D eigenvalue weighted by Gasteiger charge is -2.01. The molecule has 17 heavy (non-hydrogen) atoms. The molecule has 0 bridgehead atoms. The predicted octanol–water partition coefficient (Wildman–Crippen LogP) is 0.459. The molecule has 0 aliphatic rings. The molecule has 0 saturated heterocycles. The lowest BCUT2D eigenvalue weighted by Crippen LogP contribution is -2.18. The first-order valence-corrected chi connectivity index (χ1v) is 5.34. The fraction of sp³-hybridized carbons (Fsp3) is 0.727. The molecule has 6 nitrogen and oxygen atoms in total. The maximum Gasteiger partial charge on any atom is 0.334 e. The van der Waals surface area contributed by atoms with Crippen LogP contribution in [-0.4, -0.2) is 42.1 Å². The topological polar surface area (TPSA) is 89.9 Å². The first kappa shape index (κ1) is 17.9. The van der Waals surface area contributed by atoms with E-state index in [2.05, 4.69) is 9.47 Å². The molecule has 0 aromatic heterocycles. The van der Waals surface area contributed by atoms with E-state index in [9.17, 15) is 14.4 Å². The van der Waals surface area contributed by atoms with Crippen molar-refractivity contribution < 1.29 is 29.0 Å². The average Bonchev–Trinajstić information content (AvgIpc) is 2.17. The fourth-order valence-electron chi connectivity index (χ4n) is 0.678. The average molecular weight is 248 g/mol. The number of esters is 2. The summed E-state index contributed by atoms with van der Waals surface area (Å²) in [6, 6.07) is 0. The van der Waals surface area contributed by atoms with Gasteiger partial charge in [-0.05, 0) is 27.7 Å². The number of ether oxygens (including phenoxy) is 2. The standard InChI is InChI=1S/C6H10O3.C5H10O3/c1-3-9-6(8)4-5(2)7;1-3-8-5(7)4(2)6/h3-4H2,1-2H3;4,6H,3H2,1-2H3. The number of hydrogen-bond donors (Lipinski definition) is 1. The van der Waals surface area contributed by atoms with Gasteiger partial charge in [-0.2, -0.15) is 0 Å². The summed E-state index contributed by atoms with van der Waals surface area (Å²) in [5, 5.41) is 8.48. The molecule has 1 unspecified atom stereocenters. The van der Waals surface area contributed by atoms with Crippen molar-refractivity contribution in [3.8, 4) is 0 Å². The summed E-state index contributed by atoms with van der Waals surface area (Å²) in [7, 11) is 0. The van der Waals surface area contributed by atoms with Crippen LogP contribution in [0.4, 0.5) is 0 Å². The van der Waals surface area contributed by atoms with Crippen LogP contribution >= 0.6 is 0 Å². The number of Topliss-reactive ketones (excluding diaryl/α,β-unsaturated/α-hetero) is 1. The van der Waals surface area contributed by atoms with Crippen LogP contribution in [0, 0.1) is 0 Å². The Labute approximate surface area is 101 Å². The third kappa shape index (κ3) is 14.6. The number of rotatable bonds is 5. The van der Waals surface area contributed by atoms with Crippen LogP contribution in [0.3, 0.4) is 0 Å². The minimum absolute atomic E-state index is 0.103. The predicted molar refractivity (Wildman–Crippen MR) is 60.2 cm³/mol. The van der Waals surface area contributed by atoms with Crippen LogP contribution in [0.2, 0.25) is 0 Å². The van der Waals surface area contributed by atoms with Gasteiger partial charge in [0.1, 0.15) is 18.3 Å². The van der Waals surface area contributed by atoms with Crippen LogP contribution < -0.4 is 0 Å². The largest absolute Gasteiger partial charge is 0.466 e. The van der Waals surface area contributed by atoms with Crippen molar-refractivity contribution in [1.29, 1.82) is 0 Å². The summed E-state index contributed by atoms with van der Waals surface area (Å²) in [5.41, 5.74) is 0. The van der Waals surface area contributed by atoms with Crippen LogP contribution in [0.5, 0.6) is 0 Å². The Bertz CT molecular complexity index is 246. The van der Waals surface area contributed by atoms with Crippen LogP contribution in [0.1, 0.15) is 34.1 Å². The van der Waals surface area contributed by atoms with E-state index in [0.717, 1.165) is 0 Å². The third-order valence-electron chi connectivity index (χ3n) is 1.33. The molecule has 0 amide bonds. The molecule has 0 aliphatic carbocycles. The van der Waals surface area contributed by atoms with Gasteiger partial charge in [0, 0.05) is 0 Å². The molecule has 0 fully saturated rings. The van der Waals surface area contributed by atoms with Crippen molar-refractivity contribution in [2.45, 2.75) is 40.2 Å². The first-order valence-electron chi connectivity index (χ1n) is 5.34. The van der Waals surface area contributed by atoms with Gasteiger partial charge in [0.2, 0.25) is 0 Å². The highest BCUT2D eigenvalue weighted by molar-refractivity contribution is 5.94. The second kappa shape index (κ2) is 11.1. The zero-order valence-electron chi connectivity index (χ0n) is 10.7. The van der Waals surface area contributed by atoms with E-state index in [1.54, 1.807) is 13.8 Å². The summed E-state index contributed by atoms with van der Waals surface area (Å²) in [6.07, 6.45) is -1.09. The Balaban J connectivity index is 0. The number of ketones is 1. The van der Waals surface area contributed by atoms with Crippen LogP contribution in [-0.2, 0) is 23.9 Å². The molecule has 0 aromatic rings. The maximum atomic E-state index is 10.4. The van der Waals surface area contributed by atoms with Crippen molar-refractivity contribution in [2.24, 2.45) is 0 Å². The van der Waals surface area contributed by atoms with Gasteiger partial charge in [0.25, 0.3) is 0 Å². The number of carbonyl (C=O) groups is 3. The molecule has 0 rings (SSSR count). The van der Waals surface area contributed by atoms with Gasteiger partial charge < -0.3 is 14.6 Å². The van der Waals surface area contributed by atoms with Crippen molar-refractivity contribution in [1.82, 2.24) is 0 Å². The van der Waals surface area contributed by atoms with Gasteiger partial charge >= 0.3 is 11.9 Å². The van der Waals surface area contributed by atoms with Crippen molar-refractivity contribution in [3.05, 3.63) is 0 Å². The summed E-state index contributed by atoms with van der Waals surface area (Å²) >= 11 is 0. The lowest BCUT2D eigenvalue weighted by molar-refractivity contribution is -0.152. The van der Waals surface area contributed by atoms with Crippen LogP contribution in [0.25, 0.3) is 0 Å². The molecule has 0 radical (unpaired) electrons. The van der Waals surface area contributed by atoms with Crippen LogP contribution in [0.15, 0.2) is 0 Å². The molecule has 0 aromatic carbocycles. The molecular weight excluding hydrogens is 228 g/mol. The minimum atomic E-state index is -0.991. The maximum absolute atomic E-state index is 10.4. The fourth-order valence-corrected chi connectivity index (χ4v) is 0.678. The second-order valence-electron chi connectivity index (χ2n) is 3.11. The molecule has 0 saturated carbocycles. The van der Waals surface area contributed by atoms with E-state index in [4.69, 9.17) is 5.11 Å². The molecule has 0 spiro atoms. The highest BCUT2D eigenvalue weighted by Gasteiger charge is 2.07. The number of aliphatic hydroxyl groups excluding tert-OH is 1. The van der Waals surface area contributed by atoms with Gasteiger partial charge in [0.05, 0.1) is 13.2 Å². The Kier molecular flexibility index (Phi) is 11.7. The Morgan fingerprint density at radius 1 is 1.12 bits per heavy atom. The van der Waals surface area contributed by atoms with E-state index in [0.29, 0.717) is 13.2 Å². The van der Waals surface area contributed by atoms with Gasteiger partial charge in [-0.3, -0.25) is 9.59 Å². The number of hydrogen-bond acceptors (Lipinski definition) is 6. The molecule has 6 heteroatoms. The highest BCUT2D eigenvalue weighted by atomic mass is 16.5. The van der Waals surface area contributed by atoms with E-state index < -0.39 is 18.0 Å². The van der Waals surface area contributed by atoms with Gasteiger partial charge in [0.15, 0.2) is 0 Å². The van der Waals surface area contributed by atoms with Crippen molar-refractivity contribution >= 4 is 17.7 Å².